The highest BCUT2D eigenvalue weighted by Crippen LogP contribution is 2.32. The number of hydrogen-bond acceptors (Lipinski definition) is 5. The number of allylic oxidation sites excluding steroid dienone is 2. The van der Waals surface area contributed by atoms with E-state index in [2.05, 4.69) is 22.1 Å². The lowest BCUT2D eigenvalue weighted by Gasteiger charge is -2.14. The summed E-state index contributed by atoms with van der Waals surface area (Å²) in [5, 5.41) is 17.3. The van der Waals surface area contributed by atoms with Crippen LogP contribution in [0.25, 0.3) is 17.4 Å². The molecule has 7 nitrogen and oxygen atoms in total. The molecule has 0 aliphatic carbocycles. The van der Waals surface area contributed by atoms with E-state index in [9.17, 15) is 19.1 Å². The molecule has 0 amide bonds. The lowest BCUT2D eigenvalue weighted by atomic mass is 9.90. The van der Waals surface area contributed by atoms with Gasteiger partial charge in [-0.05, 0) is 53.5 Å². The molecule has 2 aromatic carbocycles. The Morgan fingerprint density at radius 2 is 1.79 bits per heavy atom. The monoisotopic (exact) mass is 441 g/mol. The van der Waals surface area contributed by atoms with Crippen molar-refractivity contribution in [2.75, 3.05) is 0 Å². The quantitative estimate of drug-likeness (QED) is 0.152. The normalized spacial score (nSPS) is 12.4. The zero-order valence-electron chi connectivity index (χ0n) is 17.3. The molecule has 163 valence electrons. The van der Waals surface area contributed by atoms with Crippen molar-refractivity contribution in [2.24, 2.45) is 0 Å². The lowest BCUT2D eigenvalue weighted by Crippen LogP contribution is -2.24. The molecule has 1 radical (unpaired) electrons. The Hall–Kier alpha value is -4.59. The zero-order chi connectivity index (χ0) is 23.4. The van der Waals surface area contributed by atoms with Crippen molar-refractivity contribution in [1.29, 1.82) is 0 Å². The second kappa shape index (κ2) is 9.27. The number of benzene rings is 2. The number of carbonyl (C=O) groups is 2. The van der Waals surface area contributed by atoms with Crippen molar-refractivity contribution in [1.82, 2.24) is 19.7 Å². The molecular formula is C25H18FN4O3. The molecule has 0 aliphatic heterocycles. The van der Waals surface area contributed by atoms with Gasteiger partial charge < -0.3 is 5.11 Å². The van der Waals surface area contributed by atoms with Crippen LogP contribution >= 0.6 is 0 Å². The molecule has 8 heteroatoms. The number of aromatic amines is 1. The van der Waals surface area contributed by atoms with Crippen molar-refractivity contribution in [2.45, 2.75) is 0 Å². The number of carbonyl (C=O) groups excluding carboxylic acids is 2. The fraction of sp³-hybridized carbons (Fsp3) is 0. The molecular weight excluding hydrogens is 423 g/mol. The number of halogens is 1. The van der Waals surface area contributed by atoms with Crippen LogP contribution in [0.3, 0.4) is 0 Å². The van der Waals surface area contributed by atoms with Gasteiger partial charge in [-0.15, -0.1) is 0 Å². The van der Waals surface area contributed by atoms with E-state index in [1.54, 1.807) is 48.5 Å². The van der Waals surface area contributed by atoms with Crippen LogP contribution in [0.1, 0.15) is 27.3 Å². The second-order valence-electron chi connectivity index (χ2n) is 7.05. The van der Waals surface area contributed by atoms with Gasteiger partial charge in [0.25, 0.3) is 5.78 Å². The molecule has 4 aromatic rings. The highest BCUT2D eigenvalue weighted by molar-refractivity contribution is 6.48. The van der Waals surface area contributed by atoms with Gasteiger partial charge in [0, 0.05) is 12.4 Å². The summed E-state index contributed by atoms with van der Waals surface area (Å²) in [5.74, 6) is -3.35. The maximum absolute atomic E-state index is 14.4. The molecule has 2 heterocycles. The van der Waals surface area contributed by atoms with E-state index in [1.165, 1.54) is 30.9 Å². The fourth-order valence-electron chi connectivity index (χ4n) is 3.22. The standard InChI is InChI=1S/C25H18FN4O3/c1-16-9-10-18(14-20(16)26)19(13-17-7-3-2-4-8-17)21(22(31)24-27-15-28-29-24)23(32)25(33)30-11-5-6-12-30/h2-15,31H,1H2,(H,27,28,29). The Bertz CT molecular complexity index is 1360. The van der Waals surface area contributed by atoms with Crippen LogP contribution in [0.2, 0.25) is 0 Å². The molecule has 2 N–H and O–H groups in total. The molecule has 0 aliphatic rings. The lowest BCUT2D eigenvalue weighted by molar-refractivity contribution is -0.112. The molecule has 0 unspecified atom stereocenters. The van der Waals surface area contributed by atoms with Crippen LogP contribution in [0.4, 0.5) is 4.39 Å². The number of Topliss-reactive ketones (excluding diaryl/α,β-unsaturated/α-hetero) is 1. The number of nitrogens with one attached hydrogen (secondary N) is 1. The molecule has 0 saturated heterocycles. The molecule has 0 bridgehead atoms. The molecule has 4 rings (SSSR count). The average molecular weight is 441 g/mol. The minimum absolute atomic E-state index is 0.118. The van der Waals surface area contributed by atoms with E-state index < -0.39 is 23.3 Å². The first-order chi connectivity index (χ1) is 16.0. The number of aromatic nitrogens is 4. The van der Waals surface area contributed by atoms with Gasteiger partial charge >= 0.3 is 5.91 Å². The fourth-order valence-corrected chi connectivity index (χ4v) is 3.22. The van der Waals surface area contributed by atoms with Crippen LogP contribution in [-0.4, -0.2) is 36.5 Å². The number of nitrogens with zero attached hydrogens (tertiary/aromatic N) is 3. The van der Waals surface area contributed by atoms with Crippen molar-refractivity contribution in [3.05, 3.63) is 120 Å². The smallest absolute Gasteiger partial charge is 0.303 e. The number of ketones is 1. The van der Waals surface area contributed by atoms with Crippen LogP contribution < -0.4 is 0 Å². The highest BCUT2D eigenvalue weighted by Gasteiger charge is 2.30. The number of rotatable bonds is 6. The summed E-state index contributed by atoms with van der Waals surface area (Å²) >= 11 is 0. The molecule has 0 spiro atoms. The Labute approximate surface area is 188 Å². The number of H-pyrrole nitrogens is 1. The van der Waals surface area contributed by atoms with Gasteiger partial charge in [-0.2, -0.15) is 5.10 Å². The first-order valence-electron chi connectivity index (χ1n) is 9.86. The summed E-state index contributed by atoms with van der Waals surface area (Å²) in [4.78, 5) is 30.3. The van der Waals surface area contributed by atoms with Gasteiger partial charge in [0.05, 0.1) is 5.57 Å². The third-order valence-electron chi connectivity index (χ3n) is 4.87. The van der Waals surface area contributed by atoms with Crippen LogP contribution in [0.5, 0.6) is 0 Å². The minimum Gasteiger partial charge on any atom is -0.504 e. The largest absolute Gasteiger partial charge is 0.504 e. The van der Waals surface area contributed by atoms with Gasteiger partial charge in [-0.1, -0.05) is 42.5 Å². The Morgan fingerprint density at radius 3 is 2.42 bits per heavy atom. The molecule has 33 heavy (non-hydrogen) atoms. The molecule has 0 saturated carbocycles. The summed E-state index contributed by atoms with van der Waals surface area (Å²) in [6.07, 6.45) is 5.63. The van der Waals surface area contributed by atoms with Crippen LogP contribution in [0, 0.1) is 12.7 Å². The number of aliphatic hydroxyl groups excluding tert-OH is 1. The van der Waals surface area contributed by atoms with E-state index in [0.29, 0.717) is 5.56 Å². The second-order valence-corrected chi connectivity index (χ2v) is 7.05. The Morgan fingerprint density at radius 1 is 1.06 bits per heavy atom. The van der Waals surface area contributed by atoms with Gasteiger partial charge in [-0.3, -0.25) is 19.3 Å². The number of hydrogen-bond donors (Lipinski definition) is 2. The van der Waals surface area contributed by atoms with Gasteiger partial charge in [-0.25, -0.2) is 9.37 Å². The van der Waals surface area contributed by atoms with E-state index >= 15 is 0 Å². The number of aliphatic hydroxyl groups is 1. The van der Waals surface area contributed by atoms with Crippen molar-refractivity contribution < 1.29 is 19.1 Å². The SMILES string of the molecule is [CH2]c1ccc(C(=Cc2ccccc2)C(C(=O)C(=O)n2cccc2)=C(O)c2nc[nH]n2)cc1F. The van der Waals surface area contributed by atoms with Gasteiger partial charge in [0.1, 0.15) is 12.1 Å². The van der Waals surface area contributed by atoms with E-state index in [1.807, 2.05) is 6.07 Å². The van der Waals surface area contributed by atoms with Gasteiger partial charge in [0.2, 0.25) is 5.82 Å². The van der Waals surface area contributed by atoms with Crippen LogP contribution in [0.15, 0.2) is 85.0 Å². The summed E-state index contributed by atoms with van der Waals surface area (Å²) in [6, 6.07) is 16.3. The zero-order valence-corrected chi connectivity index (χ0v) is 17.3. The minimum atomic E-state index is -1.02. The van der Waals surface area contributed by atoms with Crippen LogP contribution in [-0.2, 0) is 4.79 Å². The highest BCUT2D eigenvalue weighted by atomic mass is 19.1. The molecule has 0 fully saturated rings. The predicted molar refractivity (Wildman–Crippen MR) is 121 cm³/mol. The summed E-state index contributed by atoms with van der Waals surface area (Å²) in [7, 11) is 0. The predicted octanol–water partition coefficient (Wildman–Crippen LogP) is 4.35. The topological polar surface area (TPSA) is 101 Å². The summed E-state index contributed by atoms with van der Waals surface area (Å²) < 4.78 is 15.5. The third kappa shape index (κ3) is 4.54. The van der Waals surface area contributed by atoms with Gasteiger partial charge in [0.15, 0.2) is 5.76 Å². The molecule has 2 aromatic heterocycles. The first-order valence-corrected chi connectivity index (χ1v) is 9.86. The van der Waals surface area contributed by atoms with Crippen molar-refractivity contribution in [3.63, 3.8) is 0 Å². The van der Waals surface area contributed by atoms with E-state index in [4.69, 9.17) is 0 Å². The van der Waals surface area contributed by atoms with Crippen molar-refractivity contribution in [3.8, 4) is 0 Å². The molecule has 0 atom stereocenters. The maximum Gasteiger partial charge on any atom is 0.303 e. The van der Waals surface area contributed by atoms with E-state index in [-0.39, 0.29) is 28.1 Å². The third-order valence-corrected chi connectivity index (χ3v) is 4.87. The Kier molecular flexibility index (Phi) is 6.08. The van der Waals surface area contributed by atoms with E-state index in [0.717, 1.165) is 4.57 Å². The first kappa shape index (κ1) is 21.6. The summed E-state index contributed by atoms with van der Waals surface area (Å²) in [6.45, 7) is 3.62. The maximum atomic E-state index is 14.4. The Balaban J connectivity index is 1.98. The average Bonchev–Trinajstić information content (AvgIpc) is 3.55. The van der Waals surface area contributed by atoms with Crippen molar-refractivity contribution >= 4 is 29.1 Å². The summed E-state index contributed by atoms with van der Waals surface area (Å²) in [5.41, 5.74) is 0.833.